The summed E-state index contributed by atoms with van der Waals surface area (Å²) in [6.45, 7) is 0. The maximum absolute atomic E-state index is 12.6. The van der Waals surface area contributed by atoms with Gasteiger partial charge in [-0.3, -0.25) is 4.79 Å². The standard InChI is InChI=1S/C11H11BFNO2/c12-9(15)11(5-6-11)10(16)14-8-3-1-7(13)2-4-8/h1-4H,5-6,12H2,(H,14,16). The number of anilines is 1. The Morgan fingerprint density at radius 2 is 1.81 bits per heavy atom. The molecule has 0 atom stereocenters. The predicted octanol–water partition coefficient (Wildman–Crippen LogP) is 0.704. The Balaban J connectivity index is 2.08. The van der Waals surface area contributed by atoms with Crippen LogP contribution in [0.1, 0.15) is 12.8 Å². The van der Waals surface area contributed by atoms with Crippen LogP contribution in [0, 0.1) is 11.2 Å². The monoisotopic (exact) mass is 219 g/mol. The van der Waals surface area contributed by atoms with Gasteiger partial charge in [-0.2, -0.15) is 0 Å². The second-order valence-electron chi connectivity index (χ2n) is 4.10. The van der Waals surface area contributed by atoms with Crippen molar-refractivity contribution in [3.63, 3.8) is 0 Å². The number of halogens is 1. The summed E-state index contributed by atoms with van der Waals surface area (Å²) >= 11 is 0. The Kier molecular flexibility index (Phi) is 2.54. The summed E-state index contributed by atoms with van der Waals surface area (Å²) in [5, 5.41) is 2.63. The fourth-order valence-corrected chi connectivity index (χ4v) is 1.65. The van der Waals surface area contributed by atoms with Gasteiger partial charge in [0.05, 0.1) is 11.1 Å². The van der Waals surface area contributed by atoms with Gasteiger partial charge in [0, 0.05) is 5.69 Å². The first-order chi connectivity index (χ1) is 7.54. The van der Waals surface area contributed by atoms with E-state index in [1.54, 1.807) is 0 Å². The van der Waals surface area contributed by atoms with Crippen LogP contribution in [0.25, 0.3) is 0 Å². The molecule has 1 amide bonds. The maximum atomic E-state index is 12.6. The van der Waals surface area contributed by atoms with Crippen LogP contribution in [0.4, 0.5) is 10.1 Å². The summed E-state index contributed by atoms with van der Waals surface area (Å²) in [6.07, 6.45) is 1.21. The molecule has 0 aliphatic heterocycles. The molecule has 0 bridgehead atoms. The average molecular weight is 219 g/mol. The molecule has 1 aromatic carbocycles. The zero-order valence-corrected chi connectivity index (χ0v) is 8.92. The molecule has 2 rings (SSSR count). The van der Waals surface area contributed by atoms with Crippen LogP contribution >= 0.6 is 0 Å². The average Bonchev–Trinajstić information content (AvgIpc) is 3.02. The molecule has 1 N–H and O–H groups in total. The summed E-state index contributed by atoms with van der Waals surface area (Å²) in [5.74, 6) is -0.641. The van der Waals surface area contributed by atoms with Crippen molar-refractivity contribution in [2.24, 2.45) is 5.41 Å². The van der Waals surface area contributed by atoms with E-state index in [9.17, 15) is 14.0 Å². The minimum atomic E-state index is -0.825. The molecule has 16 heavy (non-hydrogen) atoms. The van der Waals surface area contributed by atoms with Gasteiger partial charge in [0.25, 0.3) is 0 Å². The summed E-state index contributed by atoms with van der Waals surface area (Å²) in [6, 6.07) is 5.48. The third kappa shape index (κ3) is 1.85. The van der Waals surface area contributed by atoms with E-state index in [0.717, 1.165) is 0 Å². The van der Waals surface area contributed by atoms with Crippen molar-refractivity contribution < 1.29 is 14.0 Å². The minimum Gasteiger partial charge on any atom is -0.325 e. The number of rotatable bonds is 3. The van der Waals surface area contributed by atoms with Crippen LogP contribution < -0.4 is 5.32 Å². The van der Waals surface area contributed by atoms with E-state index >= 15 is 0 Å². The number of nitrogens with one attached hydrogen (secondary N) is 1. The third-order valence-electron chi connectivity index (χ3n) is 2.96. The summed E-state index contributed by atoms with van der Waals surface area (Å²) < 4.78 is 12.6. The normalized spacial score (nSPS) is 16.6. The highest BCUT2D eigenvalue weighted by Gasteiger charge is 2.53. The first-order valence-corrected chi connectivity index (χ1v) is 5.13. The van der Waals surface area contributed by atoms with Gasteiger partial charge in [-0.05, 0) is 37.1 Å². The fraction of sp³-hybridized carbons (Fsp3) is 0.273. The lowest BCUT2D eigenvalue weighted by atomic mass is 9.85. The van der Waals surface area contributed by atoms with Gasteiger partial charge in [-0.25, -0.2) is 4.39 Å². The van der Waals surface area contributed by atoms with Crippen molar-refractivity contribution in [3.8, 4) is 0 Å². The lowest BCUT2D eigenvalue weighted by molar-refractivity contribution is -0.128. The van der Waals surface area contributed by atoms with Crippen molar-refractivity contribution in [1.29, 1.82) is 0 Å². The highest BCUT2D eigenvalue weighted by atomic mass is 19.1. The Bertz CT molecular complexity index is 440. The maximum Gasteiger partial charge on any atom is 0.237 e. The summed E-state index contributed by atoms with van der Waals surface area (Å²) in [5.41, 5.74) is -0.417. The molecular formula is C11H11BFNO2. The highest BCUT2D eigenvalue weighted by Crippen LogP contribution is 2.46. The molecule has 0 radical (unpaired) electrons. The van der Waals surface area contributed by atoms with Gasteiger partial charge in [-0.15, -0.1) is 0 Å². The largest absolute Gasteiger partial charge is 0.325 e. The molecule has 1 aromatic rings. The third-order valence-corrected chi connectivity index (χ3v) is 2.96. The van der Waals surface area contributed by atoms with E-state index in [2.05, 4.69) is 5.32 Å². The van der Waals surface area contributed by atoms with Crippen LogP contribution in [0.15, 0.2) is 24.3 Å². The summed E-state index contributed by atoms with van der Waals surface area (Å²) in [7, 11) is 1.43. The van der Waals surface area contributed by atoms with Crippen molar-refractivity contribution in [2.45, 2.75) is 12.8 Å². The number of benzene rings is 1. The van der Waals surface area contributed by atoms with Crippen molar-refractivity contribution in [3.05, 3.63) is 30.1 Å². The molecule has 0 spiro atoms. The molecule has 5 heteroatoms. The second kappa shape index (κ2) is 3.74. The lowest BCUT2D eigenvalue weighted by Crippen LogP contribution is -2.31. The van der Waals surface area contributed by atoms with E-state index < -0.39 is 5.41 Å². The SMILES string of the molecule is BC(=O)C1(C(=O)Nc2ccc(F)cc2)CC1. The molecule has 0 aromatic heterocycles. The van der Waals surface area contributed by atoms with Crippen molar-refractivity contribution >= 4 is 25.1 Å². The predicted molar refractivity (Wildman–Crippen MR) is 60.2 cm³/mol. The van der Waals surface area contributed by atoms with Crippen molar-refractivity contribution in [2.75, 3.05) is 5.32 Å². The number of hydrogen-bond donors (Lipinski definition) is 1. The highest BCUT2D eigenvalue weighted by molar-refractivity contribution is 6.62. The minimum absolute atomic E-state index is 0.105. The van der Waals surface area contributed by atoms with E-state index in [1.165, 1.54) is 32.1 Å². The topological polar surface area (TPSA) is 46.2 Å². The van der Waals surface area contributed by atoms with Crippen LogP contribution in [-0.4, -0.2) is 19.4 Å². The Morgan fingerprint density at radius 1 is 1.25 bits per heavy atom. The molecule has 0 saturated heterocycles. The zero-order chi connectivity index (χ0) is 11.8. The van der Waals surface area contributed by atoms with Crippen LogP contribution in [0.5, 0.6) is 0 Å². The number of hydrogen-bond acceptors (Lipinski definition) is 2. The van der Waals surface area contributed by atoms with Crippen LogP contribution in [0.2, 0.25) is 0 Å². The molecule has 1 saturated carbocycles. The first kappa shape index (κ1) is 10.9. The van der Waals surface area contributed by atoms with E-state index in [-0.39, 0.29) is 17.4 Å². The molecule has 3 nitrogen and oxygen atoms in total. The zero-order valence-electron chi connectivity index (χ0n) is 8.92. The first-order valence-electron chi connectivity index (χ1n) is 5.13. The smallest absolute Gasteiger partial charge is 0.237 e. The number of carbonyl (C=O) groups excluding carboxylic acids is 2. The van der Waals surface area contributed by atoms with Crippen LogP contribution in [-0.2, 0) is 9.59 Å². The second-order valence-corrected chi connectivity index (χ2v) is 4.10. The van der Waals surface area contributed by atoms with Gasteiger partial charge in [0.1, 0.15) is 5.82 Å². The van der Waals surface area contributed by atoms with E-state index in [4.69, 9.17) is 0 Å². The molecular weight excluding hydrogens is 208 g/mol. The quantitative estimate of drug-likeness (QED) is 0.600. The van der Waals surface area contributed by atoms with Gasteiger partial charge < -0.3 is 10.1 Å². The Morgan fingerprint density at radius 3 is 2.25 bits per heavy atom. The van der Waals surface area contributed by atoms with Gasteiger partial charge >= 0.3 is 0 Å². The van der Waals surface area contributed by atoms with Crippen molar-refractivity contribution in [1.82, 2.24) is 0 Å². The lowest BCUT2D eigenvalue weighted by Gasteiger charge is -2.12. The van der Waals surface area contributed by atoms with E-state index in [0.29, 0.717) is 18.5 Å². The Labute approximate surface area is 93.4 Å². The fourth-order valence-electron chi connectivity index (χ4n) is 1.65. The number of carbonyl (C=O) groups is 2. The van der Waals surface area contributed by atoms with E-state index in [1.807, 2.05) is 0 Å². The molecule has 1 fully saturated rings. The Hall–Kier alpha value is -1.65. The van der Waals surface area contributed by atoms with Gasteiger partial charge in [0.2, 0.25) is 5.91 Å². The molecule has 0 heterocycles. The summed E-state index contributed by atoms with van der Waals surface area (Å²) in [4.78, 5) is 23.1. The number of amides is 1. The molecule has 1 aliphatic carbocycles. The van der Waals surface area contributed by atoms with Gasteiger partial charge in [-0.1, -0.05) is 0 Å². The molecule has 0 unspecified atom stereocenters. The van der Waals surface area contributed by atoms with Crippen LogP contribution in [0.3, 0.4) is 0 Å². The van der Waals surface area contributed by atoms with Gasteiger partial charge in [0.15, 0.2) is 7.85 Å². The molecule has 1 aliphatic rings. The molecule has 82 valence electrons.